The van der Waals surface area contributed by atoms with Crippen LogP contribution in [-0.2, 0) is 4.79 Å². The van der Waals surface area contributed by atoms with Gasteiger partial charge in [-0.05, 0) is 31.8 Å². The van der Waals surface area contributed by atoms with Gasteiger partial charge in [-0.1, -0.05) is 20.8 Å². The van der Waals surface area contributed by atoms with E-state index in [0.717, 1.165) is 32.5 Å². The summed E-state index contributed by atoms with van der Waals surface area (Å²) in [6, 6.07) is 2.14. The molecule has 18 heavy (non-hydrogen) atoms. The SMILES string of the molecule is CC(C)CN(CCC#N)C(=O)C1(C)CCNCC1. The maximum absolute atomic E-state index is 12.7. The molecular formula is C14H25N3O. The quantitative estimate of drug-likeness (QED) is 0.810. The van der Waals surface area contributed by atoms with E-state index in [2.05, 4.69) is 32.2 Å². The molecule has 1 saturated heterocycles. The summed E-state index contributed by atoms with van der Waals surface area (Å²) in [5.74, 6) is 0.672. The molecule has 0 saturated carbocycles. The molecular weight excluding hydrogens is 226 g/mol. The van der Waals surface area contributed by atoms with Gasteiger partial charge in [0.25, 0.3) is 0 Å². The highest BCUT2D eigenvalue weighted by Crippen LogP contribution is 2.30. The van der Waals surface area contributed by atoms with Gasteiger partial charge in [-0.15, -0.1) is 0 Å². The first-order valence-corrected chi connectivity index (χ1v) is 6.86. The molecule has 0 unspecified atom stereocenters. The molecule has 1 heterocycles. The average Bonchev–Trinajstić information content (AvgIpc) is 2.34. The van der Waals surface area contributed by atoms with Crippen molar-refractivity contribution in [3.63, 3.8) is 0 Å². The van der Waals surface area contributed by atoms with Gasteiger partial charge in [-0.25, -0.2) is 0 Å². The molecule has 0 radical (unpaired) electrons. The summed E-state index contributed by atoms with van der Waals surface area (Å²) < 4.78 is 0. The van der Waals surface area contributed by atoms with Crippen molar-refractivity contribution < 1.29 is 4.79 Å². The number of carbonyl (C=O) groups excluding carboxylic acids is 1. The lowest BCUT2D eigenvalue weighted by Crippen LogP contribution is -2.48. The molecule has 1 aliphatic heterocycles. The Labute approximate surface area is 110 Å². The second-order valence-corrected chi connectivity index (χ2v) is 5.86. The van der Waals surface area contributed by atoms with Gasteiger partial charge in [-0.2, -0.15) is 5.26 Å². The lowest BCUT2D eigenvalue weighted by Gasteiger charge is -2.37. The summed E-state index contributed by atoms with van der Waals surface area (Å²) in [5, 5.41) is 12.0. The molecule has 102 valence electrons. The van der Waals surface area contributed by atoms with Crippen LogP contribution < -0.4 is 5.32 Å². The van der Waals surface area contributed by atoms with Crippen LogP contribution in [-0.4, -0.2) is 37.0 Å². The van der Waals surface area contributed by atoms with E-state index in [-0.39, 0.29) is 11.3 Å². The Bertz CT molecular complexity index is 313. The second-order valence-electron chi connectivity index (χ2n) is 5.86. The van der Waals surface area contributed by atoms with Gasteiger partial charge in [0.1, 0.15) is 0 Å². The first kappa shape index (κ1) is 15.0. The topological polar surface area (TPSA) is 56.1 Å². The Morgan fingerprint density at radius 1 is 1.44 bits per heavy atom. The molecule has 0 aromatic carbocycles. The number of hydrogen-bond donors (Lipinski definition) is 1. The lowest BCUT2D eigenvalue weighted by molar-refractivity contribution is -0.143. The van der Waals surface area contributed by atoms with Gasteiger partial charge in [-0.3, -0.25) is 4.79 Å². The maximum Gasteiger partial charge on any atom is 0.228 e. The summed E-state index contributed by atoms with van der Waals surface area (Å²) in [4.78, 5) is 14.5. The normalized spacial score (nSPS) is 18.4. The predicted octanol–water partition coefficient (Wildman–Crippen LogP) is 1.77. The first-order chi connectivity index (χ1) is 8.49. The van der Waals surface area contributed by atoms with Gasteiger partial charge in [0.15, 0.2) is 0 Å². The number of rotatable bonds is 5. The Kier molecular flexibility index (Phi) is 5.61. The fraction of sp³-hybridized carbons (Fsp3) is 0.857. The second kappa shape index (κ2) is 6.75. The number of nitriles is 1. The van der Waals surface area contributed by atoms with Gasteiger partial charge in [0.05, 0.1) is 12.5 Å². The van der Waals surface area contributed by atoms with Crippen LogP contribution in [0.2, 0.25) is 0 Å². The summed E-state index contributed by atoms with van der Waals surface area (Å²) >= 11 is 0. The Morgan fingerprint density at radius 3 is 2.56 bits per heavy atom. The molecule has 0 aromatic heterocycles. The van der Waals surface area contributed by atoms with Crippen LogP contribution >= 0.6 is 0 Å². The first-order valence-electron chi connectivity index (χ1n) is 6.86. The summed E-state index contributed by atoms with van der Waals surface area (Å²) in [5.41, 5.74) is -0.240. The van der Waals surface area contributed by atoms with Gasteiger partial charge < -0.3 is 10.2 Å². The van der Waals surface area contributed by atoms with Crippen molar-refractivity contribution in [1.29, 1.82) is 5.26 Å². The molecule has 0 spiro atoms. The van der Waals surface area contributed by atoms with Crippen LogP contribution in [0.4, 0.5) is 0 Å². The molecule has 0 aliphatic carbocycles. The maximum atomic E-state index is 12.7. The van der Waals surface area contributed by atoms with Gasteiger partial charge in [0, 0.05) is 18.5 Å². The van der Waals surface area contributed by atoms with Crippen molar-refractivity contribution in [2.75, 3.05) is 26.2 Å². The molecule has 4 nitrogen and oxygen atoms in total. The van der Waals surface area contributed by atoms with Crippen LogP contribution in [0.1, 0.15) is 40.0 Å². The third-order valence-electron chi connectivity index (χ3n) is 3.59. The number of piperidine rings is 1. The lowest BCUT2D eigenvalue weighted by atomic mass is 9.79. The van der Waals surface area contributed by atoms with E-state index in [1.165, 1.54) is 0 Å². The van der Waals surface area contributed by atoms with Crippen LogP contribution in [0.25, 0.3) is 0 Å². The zero-order valence-corrected chi connectivity index (χ0v) is 11.8. The number of carbonyl (C=O) groups is 1. The molecule has 0 atom stereocenters. The van der Waals surface area contributed by atoms with E-state index >= 15 is 0 Å². The third-order valence-corrected chi connectivity index (χ3v) is 3.59. The Balaban J connectivity index is 2.70. The van der Waals surface area contributed by atoms with Crippen molar-refractivity contribution in [3.05, 3.63) is 0 Å². The molecule has 0 aromatic rings. The monoisotopic (exact) mass is 251 g/mol. The van der Waals surface area contributed by atoms with Crippen LogP contribution in [0.3, 0.4) is 0 Å². The zero-order valence-electron chi connectivity index (χ0n) is 11.8. The standard InChI is InChI=1S/C14H25N3O/c1-12(2)11-17(10-4-7-15)13(18)14(3)5-8-16-9-6-14/h12,16H,4-6,8-11H2,1-3H3. The minimum absolute atomic E-state index is 0.230. The highest BCUT2D eigenvalue weighted by molar-refractivity contribution is 5.82. The summed E-state index contributed by atoms with van der Waals surface area (Å²) in [7, 11) is 0. The van der Waals surface area contributed by atoms with E-state index < -0.39 is 0 Å². The van der Waals surface area contributed by atoms with Crippen LogP contribution in [0.5, 0.6) is 0 Å². The predicted molar refractivity (Wildman–Crippen MR) is 71.9 cm³/mol. The van der Waals surface area contributed by atoms with Crippen molar-refractivity contribution in [2.45, 2.75) is 40.0 Å². The van der Waals surface area contributed by atoms with Crippen molar-refractivity contribution in [1.82, 2.24) is 10.2 Å². The van der Waals surface area contributed by atoms with E-state index in [1.807, 2.05) is 4.90 Å². The number of hydrogen-bond acceptors (Lipinski definition) is 3. The van der Waals surface area contributed by atoms with Gasteiger partial charge in [0.2, 0.25) is 5.91 Å². The number of nitrogens with zero attached hydrogens (tertiary/aromatic N) is 2. The molecule has 1 fully saturated rings. The number of amides is 1. The van der Waals surface area contributed by atoms with Gasteiger partial charge >= 0.3 is 0 Å². The molecule has 1 amide bonds. The highest BCUT2D eigenvalue weighted by Gasteiger charge is 2.37. The van der Waals surface area contributed by atoms with Crippen molar-refractivity contribution in [2.24, 2.45) is 11.3 Å². The fourth-order valence-corrected chi connectivity index (χ4v) is 2.48. The molecule has 4 heteroatoms. The zero-order chi connectivity index (χ0) is 13.6. The highest BCUT2D eigenvalue weighted by atomic mass is 16.2. The molecule has 1 aliphatic rings. The molecule has 0 bridgehead atoms. The average molecular weight is 251 g/mol. The van der Waals surface area contributed by atoms with Crippen LogP contribution in [0, 0.1) is 22.7 Å². The summed E-state index contributed by atoms with van der Waals surface area (Å²) in [6.07, 6.45) is 2.22. The summed E-state index contributed by atoms with van der Waals surface area (Å²) in [6.45, 7) is 9.43. The van der Waals surface area contributed by atoms with Crippen LogP contribution in [0.15, 0.2) is 0 Å². The number of nitrogens with one attached hydrogen (secondary N) is 1. The van der Waals surface area contributed by atoms with E-state index in [4.69, 9.17) is 5.26 Å². The fourth-order valence-electron chi connectivity index (χ4n) is 2.48. The minimum Gasteiger partial charge on any atom is -0.341 e. The van der Waals surface area contributed by atoms with E-state index in [1.54, 1.807) is 0 Å². The van der Waals surface area contributed by atoms with Crippen molar-refractivity contribution >= 4 is 5.91 Å². The van der Waals surface area contributed by atoms with E-state index in [9.17, 15) is 4.79 Å². The Hall–Kier alpha value is -1.08. The Morgan fingerprint density at radius 2 is 2.06 bits per heavy atom. The minimum atomic E-state index is -0.240. The van der Waals surface area contributed by atoms with Crippen molar-refractivity contribution in [3.8, 4) is 6.07 Å². The molecule has 1 rings (SSSR count). The van der Waals surface area contributed by atoms with E-state index in [0.29, 0.717) is 18.9 Å². The largest absolute Gasteiger partial charge is 0.341 e. The smallest absolute Gasteiger partial charge is 0.228 e. The molecule has 1 N–H and O–H groups in total. The third kappa shape index (κ3) is 3.99.